The van der Waals surface area contributed by atoms with Crippen molar-refractivity contribution >= 4 is 6.09 Å². The van der Waals surface area contributed by atoms with Crippen LogP contribution in [0.1, 0.15) is 24.6 Å². The maximum atomic E-state index is 13.4. The van der Waals surface area contributed by atoms with Gasteiger partial charge in [0.05, 0.1) is 41.9 Å². The molecule has 1 saturated heterocycles. The van der Waals surface area contributed by atoms with Gasteiger partial charge in [-0.05, 0) is 25.1 Å². The smallest absolute Gasteiger partial charge is 0.410 e. The first-order chi connectivity index (χ1) is 11.5. The van der Waals surface area contributed by atoms with Crippen molar-refractivity contribution in [1.29, 1.82) is 0 Å². The van der Waals surface area contributed by atoms with Crippen LogP contribution in [0.4, 0.5) is 18.0 Å². The van der Waals surface area contributed by atoms with Crippen LogP contribution in [-0.4, -0.2) is 33.6 Å². The maximum Gasteiger partial charge on any atom is 0.410 e. The van der Waals surface area contributed by atoms with Crippen LogP contribution < -0.4 is 0 Å². The van der Waals surface area contributed by atoms with Crippen molar-refractivity contribution in [3.63, 3.8) is 0 Å². The summed E-state index contributed by atoms with van der Waals surface area (Å²) in [5.41, 5.74) is 0.463. The van der Waals surface area contributed by atoms with Gasteiger partial charge in [-0.3, -0.25) is 9.88 Å². The molecule has 0 N–H and O–H groups in total. The lowest BCUT2D eigenvalue weighted by Crippen LogP contribution is -2.30. The number of amides is 1. The van der Waals surface area contributed by atoms with E-state index in [0.29, 0.717) is 23.6 Å². The second-order valence-corrected chi connectivity index (χ2v) is 5.49. The molecule has 1 atom stereocenters. The Kier molecular flexibility index (Phi) is 4.37. The molecule has 2 aromatic rings. The minimum absolute atomic E-state index is 0.0841. The molecule has 0 spiro atoms. The Morgan fingerprint density at radius 2 is 2.17 bits per heavy atom. The average Bonchev–Trinajstić information content (AvgIpc) is 2.87. The van der Waals surface area contributed by atoms with Crippen LogP contribution in [0.15, 0.2) is 30.6 Å². The number of nitrogens with zero attached hydrogens (tertiary/aromatic N) is 3. The second kappa shape index (κ2) is 6.46. The molecule has 1 aromatic carbocycles. The van der Waals surface area contributed by atoms with Gasteiger partial charge in [0, 0.05) is 5.56 Å². The van der Waals surface area contributed by atoms with Gasteiger partial charge in [-0.1, -0.05) is 0 Å². The van der Waals surface area contributed by atoms with Gasteiger partial charge >= 0.3 is 6.09 Å². The second-order valence-electron chi connectivity index (χ2n) is 5.49. The molecule has 0 radical (unpaired) electrons. The summed E-state index contributed by atoms with van der Waals surface area (Å²) < 4.78 is 44.0. The van der Waals surface area contributed by atoms with Crippen LogP contribution in [0, 0.1) is 5.82 Å². The van der Waals surface area contributed by atoms with Gasteiger partial charge in [0.25, 0.3) is 6.43 Å². The highest BCUT2D eigenvalue weighted by molar-refractivity contribution is 5.70. The van der Waals surface area contributed by atoms with Gasteiger partial charge in [-0.25, -0.2) is 22.9 Å². The molecule has 1 aromatic heterocycles. The third-order valence-electron chi connectivity index (χ3n) is 3.76. The highest BCUT2D eigenvalue weighted by atomic mass is 19.3. The molecule has 24 heavy (non-hydrogen) atoms. The molecule has 8 heteroatoms. The Labute approximate surface area is 136 Å². The van der Waals surface area contributed by atoms with Crippen LogP contribution in [0.5, 0.6) is 0 Å². The number of carbonyl (C=O) groups is 1. The summed E-state index contributed by atoms with van der Waals surface area (Å²) in [6.45, 7) is 2.35. The fourth-order valence-corrected chi connectivity index (χ4v) is 2.43. The van der Waals surface area contributed by atoms with Crippen LogP contribution >= 0.6 is 0 Å². The highest BCUT2D eigenvalue weighted by Crippen LogP contribution is 2.27. The van der Waals surface area contributed by atoms with Gasteiger partial charge in [0.15, 0.2) is 0 Å². The van der Waals surface area contributed by atoms with Crippen molar-refractivity contribution in [2.24, 2.45) is 0 Å². The topological polar surface area (TPSA) is 55.3 Å². The summed E-state index contributed by atoms with van der Waals surface area (Å²) in [5, 5.41) is 0. The predicted molar refractivity (Wildman–Crippen MR) is 78.7 cm³/mol. The first-order valence-electron chi connectivity index (χ1n) is 7.28. The molecule has 1 fully saturated rings. The summed E-state index contributed by atoms with van der Waals surface area (Å²) in [6, 6.07) is 3.31. The minimum Gasteiger partial charge on any atom is -0.447 e. The van der Waals surface area contributed by atoms with E-state index in [2.05, 4.69) is 9.97 Å². The zero-order valence-electron chi connectivity index (χ0n) is 12.7. The molecule has 0 aliphatic carbocycles. The number of alkyl halides is 2. The van der Waals surface area contributed by atoms with Gasteiger partial charge in [-0.15, -0.1) is 0 Å². The fourth-order valence-electron chi connectivity index (χ4n) is 2.43. The molecule has 0 unspecified atom stereocenters. The Morgan fingerprint density at radius 3 is 2.83 bits per heavy atom. The zero-order valence-corrected chi connectivity index (χ0v) is 12.7. The number of benzene rings is 1. The van der Waals surface area contributed by atoms with Crippen LogP contribution in [0.25, 0.3) is 11.3 Å². The molecule has 2 heterocycles. The van der Waals surface area contributed by atoms with Crippen molar-refractivity contribution in [1.82, 2.24) is 14.9 Å². The van der Waals surface area contributed by atoms with E-state index in [-0.39, 0.29) is 12.6 Å². The molecule has 0 bridgehead atoms. The lowest BCUT2D eigenvalue weighted by molar-refractivity contribution is 0.146. The van der Waals surface area contributed by atoms with Crippen LogP contribution in [-0.2, 0) is 11.3 Å². The first-order valence-corrected chi connectivity index (χ1v) is 7.28. The standard InChI is InChI=1S/C16H14F3N3O2/c1-9-8-24-16(23)22(9)7-11-5-20-6-14(21-11)10-2-3-13(17)12(4-10)15(18)19/h2-6,9,15H,7-8H2,1H3/t9-/m0/s1. The molecule has 126 valence electrons. The summed E-state index contributed by atoms with van der Waals surface area (Å²) in [6.07, 6.45) is -0.463. The van der Waals surface area contributed by atoms with E-state index < -0.39 is 23.9 Å². The van der Waals surface area contributed by atoms with Gasteiger partial charge < -0.3 is 4.74 Å². The number of aromatic nitrogens is 2. The van der Waals surface area contributed by atoms with Crippen molar-refractivity contribution in [3.05, 3.63) is 47.7 Å². The molecule has 1 amide bonds. The zero-order chi connectivity index (χ0) is 17.3. The SMILES string of the molecule is C[C@H]1COC(=O)N1Cc1cncc(-c2ccc(F)c(C(F)F)c2)n1. The fraction of sp³-hybridized carbons (Fsp3) is 0.312. The van der Waals surface area contributed by atoms with Gasteiger partial charge in [0.2, 0.25) is 0 Å². The summed E-state index contributed by atoms with van der Waals surface area (Å²) in [7, 11) is 0. The van der Waals surface area contributed by atoms with E-state index in [1.807, 2.05) is 6.92 Å². The lowest BCUT2D eigenvalue weighted by atomic mass is 10.1. The van der Waals surface area contributed by atoms with Crippen LogP contribution in [0.3, 0.4) is 0 Å². The average molecular weight is 337 g/mol. The number of carbonyl (C=O) groups excluding carboxylic acids is 1. The summed E-state index contributed by atoms with van der Waals surface area (Å²) >= 11 is 0. The quantitative estimate of drug-likeness (QED) is 0.856. The molecular weight excluding hydrogens is 323 g/mol. The van der Waals surface area contributed by atoms with E-state index in [4.69, 9.17) is 4.74 Å². The number of rotatable bonds is 4. The summed E-state index contributed by atoms with van der Waals surface area (Å²) in [5.74, 6) is -0.966. The van der Waals surface area contributed by atoms with Gasteiger partial charge in [-0.2, -0.15) is 0 Å². The molecule has 1 aliphatic rings. The highest BCUT2D eigenvalue weighted by Gasteiger charge is 2.29. The lowest BCUT2D eigenvalue weighted by Gasteiger charge is -2.17. The van der Waals surface area contributed by atoms with Crippen LogP contribution in [0.2, 0.25) is 0 Å². The Morgan fingerprint density at radius 1 is 1.38 bits per heavy atom. The van der Waals surface area contributed by atoms with E-state index in [0.717, 1.165) is 12.1 Å². The predicted octanol–water partition coefficient (Wildman–Crippen LogP) is 3.56. The molecular formula is C16H14F3N3O2. The monoisotopic (exact) mass is 337 g/mol. The molecule has 1 aliphatic heterocycles. The van der Waals surface area contributed by atoms with Gasteiger partial charge in [0.1, 0.15) is 12.4 Å². The molecule has 3 rings (SSSR count). The van der Waals surface area contributed by atoms with Crippen molar-refractivity contribution < 1.29 is 22.7 Å². The number of halogens is 3. The largest absolute Gasteiger partial charge is 0.447 e. The Bertz CT molecular complexity index is 770. The number of cyclic esters (lactones) is 1. The maximum absolute atomic E-state index is 13.4. The Balaban J connectivity index is 1.88. The van der Waals surface area contributed by atoms with Crippen molar-refractivity contribution in [3.8, 4) is 11.3 Å². The molecule has 5 nitrogen and oxygen atoms in total. The number of hydrogen-bond acceptors (Lipinski definition) is 4. The van der Waals surface area contributed by atoms with Crippen molar-refractivity contribution in [2.45, 2.75) is 25.9 Å². The normalized spacial score (nSPS) is 17.5. The minimum atomic E-state index is -2.92. The third-order valence-corrected chi connectivity index (χ3v) is 3.76. The third kappa shape index (κ3) is 3.17. The van der Waals surface area contributed by atoms with E-state index in [1.54, 1.807) is 0 Å². The van der Waals surface area contributed by atoms with E-state index in [9.17, 15) is 18.0 Å². The van der Waals surface area contributed by atoms with E-state index in [1.165, 1.54) is 23.4 Å². The Hall–Kier alpha value is -2.64. The first kappa shape index (κ1) is 16.2. The van der Waals surface area contributed by atoms with Crippen molar-refractivity contribution in [2.75, 3.05) is 6.61 Å². The number of hydrogen-bond donors (Lipinski definition) is 0. The van der Waals surface area contributed by atoms with E-state index >= 15 is 0 Å². The summed E-state index contributed by atoms with van der Waals surface area (Å²) in [4.78, 5) is 21.5. The number of ether oxygens (including phenoxy) is 1. The molecule has 0 saturated carbocycles.